The van der Waals surface area contributed by atoms with Crippen molar-refractivity contribution in [3.8, 4) is 5.75 Å². The monoisotopic (exact) mass is 523 g/mol. The SMILES string of the molecule is NC(=O)c1nn[nH]c1SCC1=C(C(=O)O)N2C(=O)C(NC(=O)C(N)c3ccc(O)c(F)c3)[C@@H]2SC1. The molecule has 1 fully saturated rings. The Morgan fingerprint density at radius 2 is 2.14 bits per heavy atom. The summed E-state index contributed by atoms with van der Waals surface area (Å²) in [5.74, 6) is -4.71. The summed E-state index contributed by atoms with van der Waals surface area (Å²) in [7, 11) is 0. The van der Waals surface area contributed by atoms with E-state index in [2.05, 4.69) is 20.7 Å². The minimum atomic E-state index is -1.32. The Hall–Kier alpha value is -3.63. The van der Waals surface area contributed by atoms with Gasteiger partial charge in [0, 0.05) is 11.5 Å². The molecule has 13 nitrogen and oxygen atoms in total. The van der Waals surface area contributed by atoms with E-state index < -0.39 is 52.7 Å². The number of carboxylic acid groups (broad SMARTS) is 1. The Labute approximate surface area is 204 Å². The zero-order valence-electron chi connectivity index (χ0n) is 17.6. The molecule has 0 saturated carbocycles. The number of phenolic OH excluding ortho intramolecular Hbond substituents is 1. The second kappa shape index (κ2) is 9.55. The first-order valence-corrected chi connectivity index (χ1v) is 11.9. The number of phenols is 1. The van der Waals surface area contributed by atoms with Gasteiger partial charge in [0.05, 0.1) is 0 Å². The number of aromatic hydroxyl groups is 1. The highest BCUT2D eigenvalue weighted by molar-refractivity contribution is 8.01. The molecule has 2 aromatic rings. The standard InChI is InChI=1S/C19H18FN7O6S2/c20-8-3-6(1-2-9(8)28)10(21)15(30)23-12-17(31)27-13(19(32)33)7(5-35-18(12)27)4-34-16-11(14(22)29)24-26-25-16/h1-3,10,12,18,28H,4-5,21H2,(H2,22,29)(H,23,30)(H,32,33)(H,24,25,26)/t10?,12?,18-/m0/s1. The number of hydrogen-bond acceptors (Lipinski definition) is 10. The van der Waals surface area contributed by atoms with E-state index in [9.17, 15) is 33.8 Å². The number of aromatic nitrogens is 3. The van der Waals surface area contributed by atoms with Gasteiger partial charge in [-0.2, -0.15) is 0 Å². The molecule has 3 heterocycles. The van der Waals surface area contributed by atoms with Crippen molar-refractivity contribution in [1.29, 1.82) is 0 Å². The Morgan fingerprint density at radius 1 is 1.40 bits per heavy atom. The van der Waals surface area contributed by atoms with Gasteiger partial charge in [0.2, 0.25) is 5.91 Å². The van der Waals surface area contributed by atoms with Crippen LogP contribution in [0.15, 0.2) is 34.5 Å². The topological polar surface area (TPSA) is 218 Å². The van der Waals surface area contributed by atoms with Crippen molar-refractivity contribution in [3.05, 3.63) is 46.5 Å². The molecule has 16 heteroatoms. The third-order valence-corrected chi connectivity index (χ3v) is 7.71. The number of fused-ring (bicyclic) bond motifs is 1. The van der Waals surface area contributed by atoms with Crippen LogP contribution in [0.4, 0.5) is 4.39 Å². The average molecular weight is 524 g/mol. The fourth-order valence-corrected chi connectivity index (χ4v) is 5.96. The summed E-state index contributed by atoms with van der Waals surface area (Å²) < 4.78 is 13.6. The van der Waals surface area contributed by atoms with E-state index in [0.717, 1.165) is 28.8 Å². The van der Waals surface area contributed by atoms with Crippen molar-refractivity contribution in [2.45, 2.75) is 22.5 Å². The number of hydrogen-bond donors (Lipinski definition) is 6. The number of rotatable bonds is 8. The fourth-order valence-electron chi connectivity index (χ4n) is 3.55. The van der Waals surface area contributed by atoms with E-state index in [1.54, 1.807) is 0 Å². The van der Waals surface area contributed by atoms with Crippen LogP contribution in [-0.4, -0.2) is 77.1 Å². The second-order valence-corrected chi connectivity index (χ2v) is 9.57. The second-order valence-electron chi connectivity index (χ2n) is 7.48. The maximum atomic E-state index is 13.6. The molecule has 4 rings (SSSR count). The lowest BCUT2D eigenvalue weighted by Crippen LogP contribution is -2.71. The number of nitrogens with one attached hydrogen (secondary N) is 2. The van der Waals surface area contributed by atoms with Gasteiger partial charge < -0.3 is 27.0 Å². The van der Waals surface area contributed by atoms with Crippen molar-refractivity contribution < 1.29 is 33.8 Å². The van der Waals surface area contributed by atoms with Crippen LogP contribution < -0.4 is 16.8 Å². The number of nitrogens with zero attached hydrogens (tertiary/aromatic N) is 3. The number of carboxylic acids is 1. The molecule has 3 amide bonds. The number of primary amides is 1. The molecule has 1 aromatic heterocycles. The quantitative estimate of drug-likeness (QED) is 0.187. The summed E-state index contributed by atoms with van der Waals surface area (Å²) in [6.45, 7) is 0. The minimum absolute atomic E-state index is 0.0820. The van der Waals surface area contributed by atoms with Gasteiger partial charge in [-0.3, -0.25) is 24.4 Å². The lowest BCUT2D eigenvalue weighted by atomic mass is 10.0. The van der Waals surface area contributed by atoms with Crippen LogP contribution in [0.2, 0.25) is 0 Å². The molecular formula is C19H18FN7O6S2. The molecule has 1 saturated heterocycles. The van der Waals surface area contributed by atoms with E-state index in [1.807, 2.05) is 0 Å². The number of H-pyrrole nitrogens is 1. The van der Waals surface area contributed by atoms with Crippen LogP contribution in [0.5, 0.6) is 5.75 Å². The number of aliphatic carboxylic acids is 1. The van der Waals surface area contributed by atoms with Crippen LogP contribution in [-0.2, 0) is 14.4 Å². The number of halogens is 1. The molecule has 0 radical (unpaired) electrons. The first-order valence-electron chi connectivity index (χ1n) is 9.88. The first kappa shape index (κ1) is 24.5. The number of carbonyl (C=O) groups excluding carboxylic acids is 3. The Morgan fingerprint density at radius 3 is 2.80 bits per heavy atom. The van der Waals surface area contributed by atoms with Gasteiger partial charge in [-0.25, -0.2) is 9.18 Å². The molecule has 0 aliphatic carbocycles. The van der Waals surface area contributed by atoms with E-state index in [1.165, 1.54) is 17.8 Å². The van der Waals surface area contributed by atoms with Gasteiger partial charge in [0.15, 0.2) is 17.3 Å². The lowest BCUT2D eigenvalue weighted by Gasteiger charge is -2.49. The number of benzene rings is 1. The summed E-state index contributed by atoms with van der Waals surface area (Å²) in [6, 6.07) is 0.908. The van der Waals surface area contributed by atoms with Gasteiger partial charge >= 0.3 is 5.97 Å². The highest BCUT2D eigenvalue weighted by atomic mass is 32.2. The largest absolute Gasteiger partial charge is 0.505 e. The Kier molecular flexibility index (Phi) is 6.68. The van der Waals surface area contributed by atoms with E-state index in [-0.39, 0.29) is 33.5 Å². The number of aromatic amines is 1. The minimum Gasteiger partial charge on any atom is -0.505 e. The van der Waals surface area contributed by atoms with Crippen LogP contribution in [0.25, 0.3) is 0 Å². The molecule has 2 aliphatic heterocycles. The predicted molar refractivity (Wildman–Crippen MR) is 120 cm³/mol. The van der Waals surface area contributed by atoms with Crippen molar-refractivity contribution in [3.63, 3.8) is 0 Å². The summed E-state index contributed by atoms with van der Waals surface area (Å²) in [6.07, 6.45) is 0. The van der Waals surface area contributed by atoms with Crippen molar-refractivity contribution in [2.75, 3.05) is 11.5 Å². The maximum Gasteiger partial charge on any atom is 0.352 e. The van der Waals surface area contributed by atoms with E-state index in [4.69, 9.17) is 11.5 Å². The zero-order valence-corrected chi connectivity index (χ0v) is 19.2. The predicted octanol–water partition coefficient (Wildman–Crippen LogP) is -0.721. The van der Waals surface area contributed by atoms with Crippen molar-refractivity contribution in [2.24, 2.45) is 11.5 Å². The highest BCUT2D eigenvalue weighted by Crippen LogP contribution is 2.41. The van der Waals surface area contributed by atoms with Crippen LogP contribution in [0, 0.1) is 5.82 Å². The lowest BCUT2D eigenvalue weighted by molar-refractivity contribution is -0.150. The summed E-state index contributed by atoms with van der Waals surface area (Å²) in [5, 5.41) is 30.7. The molecule has 0 bridgehead atoms. The van der Waals surface area contributed by atoms with E-state index in [0.29, 0.717) is 5.57 Å². The molecule has 3 atom stereocenters. The third-order valence-electron chi connectivity index (χ3n) is 5.30. The van der Waals surface area contributed by atoms with Crippen LogP contribution in [0.3, 0.4) is 0 Å². The zero-order chi connectivity index (χ0) is 25.4. The molecule has 1 aromatic carbocycles. The fraction of sp³-hybridized carbons (Fsp3) is 0.263. The maximum absolute atomic E-state index is 13.6. The van der Waals surface area contributed by atoms with Gasteiger partial charge in [-0.05, 0) is 23.3 Å². The third kappa shape index (κ3) is 4.54. The van der Waals surface area contributed by atoms with Gasteiger partial charge in [0.1, 0.15) is 28.2 Å². The van der Waals surface area contributed by atoms with Crippen LogP contribution >= 0.6 is 23.5 Å². The number of nitrogens with two attached hydrogens (primary N) is 2. The number of amides is 3. The Bertz CT molecular complexity index is 1270. The normalized spacial score (nSPS) is 20.2. The smallest absolute Gasteiger partial charge is 0.352 e. The van der Waals surface area contributed by atoms with Gasteiger partial charge in [-0.15, -0.1) is 16.9 Å². The molecular weight excluding hydrogens is 505 g/mol. The molecule has 2 aliphatic rings. The van der Waals surface area contributed by atoms with Gasteiger partial charge in [-0.1, -0.05) is 23.0 Å². The molecule has 2 unspecified atom stereocenters. The molecule has 184 valence electrons. The van der Waals surface area contributed by atoms with Gasteiger partial charge in [0.25, 0.3) is 11.8 Å². The molecule has 35 heavy (non-hydrogen) atoms. The highest BCUT2D eigenvalue weighted by Gasteiger charge is 2.54. The molecule has 8 N–H and O–H groups in total. The average Bonchev–Trinajstić information content (AvgIpc) is 3.30. The van der Waals surface area contributed by atoms with E-state index >= 15 is 0 Å². The molecule has 0 spiro atoms. The Balaban J connectivity index is 1.46. The summed E-state index contributed by atoms with van der Waals surface area (Å²) >= 11 is 2.31. The van der Waals surface area contributed by atoms with Crippen LogP contribution in [0.1, 0.15) is 22.1 Å². The van der Waals surface area contributed by atoms with Crippen molar-refractivity contribution >= 4 is 47.2 Å². The first-order chi connectivity index (χ1) is 16.6. The number of thioether (sulfide) groups is 2. The number of carbonyl (C=O) groups is 4. The number of β-lactam (4-membered cyclic amide) rings is 1. The summed E-state index contributed by atoms with van der Waals surface area (Å²) in [5.41, 5.74) is 11.3. The van der Waals surface area contributed by atoms with Crippen molar-refractivity contribution in [1.82, 2.24) is 25.6 Å². The summed E-state index contributed by atoms with van der Waals surface area (Å²) in [4.78, 5) is 49.8.